The van der Waals surface area contributed by atoms with Crippen LogP contribution in [-0.2, 0) is 19.1 Å². The Hall–Kier alpha value is -1.21. The number of hydrogen-bond donors (Lipinski definition) is 1. The van der Waals surface area contributed by atoms with Gasteiger partial charge in [0.2, 0.25) is 5.91 Å². The van der Waals surface area contributed by atoms with Crippen molar-refractivity contribution in [1.82, 2.24) is 4.90 Å². The topological polar surface area (TPSA) is 81.9 Å². The van der Waals surface area contributed by atoms with Crippen molar-refractivity contribution in [3.05, 3.63) is 0 Å². The molecule has 112 valence electrons. The normalized spacial score (nSPS) is 25.2. The second-order valence-corrected chi connectivity index (χ2v) is 5.71. The van der Waals surface area contributed by atoms with Crippen molar-refractivity contribution in [3.8, 4) is 0 Å². The van der Waals surface area contributed by atoms with Gasteiger partial charge >= 0.3 is 5.97 Å². The van der Waals surface area contributed by atoms with Gasteiger partial charge in [-0.3, -0.25) is 4.79 Å². The third-order valence-electron chi connectivity index (χ3n) is 4.20. The molecule has 0 bridgehead atoms. The third-order valence-corrected chi connectivity index (χ3v) is 4.59. The van der Waals surface area contributed by atoms with Gasteiger partial charge in [0.15, 0.2) is 6.04 Å². The highest BCUT2D eigenvalue weighted by Crippen LogP contribution is 2.40. The second kappa shape index (κ2) is 6.05. The molecule has 2 aliphatic rings. The summed E-state index contributed by atoms with van der Waals surface area (Å²) in [5.41, 5.74) is 5.04. The van der Waals surface area contributed by atoms with E-state index in [0.717, 1.165) is 12.8 Å². The van der Waals surface area contributed by atoms with E-state index in [-0.39, 0.29) is 17.5 Å². The molecule has 2 fully saturated rings. The molecule has 1 aliphatic heterocycles. The van der Waals surface area contributed by atoms with Gasteiger partial charge in [-0.05, 0) is 12.8 Å². The predicted molar refractivity (Wildman–Crippen MR) is 76.0 cm³/mol. The van der Waals surface area contributed by atoms with E-state index in [1.807, 2.05) is 0 Å². The zero-order valence-corrected chi connectivity index (χ0v) is 12.4. The average molecular weight is 300 g/mol. The summed E-state index contributed by atoms with van der Waals surface area (Å²) in [5, 5.41) is 0. The van der Waals surface area contributed by atoms with E-state index in [1.54, 1.807) is 0 Å². The highest BCUT2D eigenvalue weighted by Gasteiger charge is 2.49. The minimum Gasteiger partial charge on any atom is -0.467 e. The number of carbonyl (C=O) groups is 2. The minimum absolute atomic E-state index is 0.152. The number of morpholine rings is 1. The lowest BCUT2D eigenvalue weighted by Gasteiger charge is -2.39. The highest BCUT2D eigenvalue weighted by molar-refractivity contribution is 7.80. The van der Waals surface area contributed by atoms with Crippen molar-refractivity contribution in [2.45, 2.75) is 31.7 Å². The number of hydrogen-bond acceptors (Lipinski definition) is 5. The summed E-state index contributed by atoms with van der Waals surface area (Å²) in [6.45, 7) is 0.932. The van der Waals surface area contributed by atoms with Crippen molar-refractivity contribution in [2.24, 2.45) is 11.1 Å². The summed E-state index contributed by atoms with van der Waals surface area (Å²) >= 11 is 5.13. The molecule has 1 amide bonds. The van der Waals surface area contributed by atoms with Gasteiger partial charge in [0.05, 0.1) is 30.7 Å². The largest absolute Gasteiger partial charge is 0.467 e. The SMILES string of the molecule is COC(=O)C1COCCN1C(=O)C1(C(N)=S)CCCC1. The summed E-state index contributed by atoms with van der Waals surface area (Å²) in [6, 6.07) is -0.701. The molecule has 0 aromatic carbocycles. The Labute approximate surface area is 123 Å². The molecular weight excluding hydrogens is 280 g/mol. The Morgan fingerprint density at radius 2 is 2.05 bits per heavy atom. The monoisotopic (exact) mass is 300 g/mol. The van der Waals surface area contributed by atoms with E-state index in [0.29, 0.717) is 26.0 Å². The molecule has 1 atom stereocenters. The van der Waals surface area contributed by atoms with Gasteiger partial charge in [0.1, 0.15) is 0 Å². The molecule has 0 spiro atoms. The number of carbonyl (C=O) groups excluding carboxylic acids is 2. The number of nitrogens with zero attached hydrogens (tertiary/aromatic N) is 1. The van der Waals surface area contributed by atoms with Gasteiger partial charge in [0.25, 0.3) is 0 Å². The van der Waals surface area contributed by atoms with Crippen molar-refractivity contribution < 1.29 is 19.1 Å². The van der Waals surface area contributed by atoms with E-state index < -0.39 is 17.4 Å². The number of methoxy groups -OCH3 is 1. The Kier molecular flexibility index (Phi) is 4.59. The van der Waals surface area contributed by atoms with E-state index in [9.17, 15) is 9.59 Å². The Balaban J connectivity index is 2.24. The number of esters is 1. The molecular formula is C13H20N2O4S. The van der Waals surface area contributed by atoms with Gasteiger partial charge in [-0.2, -0.15) is 0 Å². The van der Waals surface area contributed by atoms with Gasteiger partial charge < -0.3 is 20.1 Å². The van der Waals surface area contributed by atoms with Gasteiger partial charge in [-0.1, -0.05) is 25.1 Å². The first-order chi connectivity index (χ1) is 9.53. The van der Waals surface area contributed by atoms with Crippen LogP contribution in [0.3, 0.4) is 0 Å². The van der Waals surface area contributed by atoms with E-state index in [2.05, 4.69) is 0 Å². The minimum atomic E-state index is -0.793. The molecule has 1 saturated carbocycles. The standard InChI is InChI=1S/C13H20N2O4S/c1-18-10(16)9-8-19-7-6-15(9)12(17)13(11(14)20)4-2-3-5-13/h9H,2-8H2,1H3,(H2,14,20). The number of nitrogens with two attached hydrogens (primary N) is 1. The molecule has 1 aliphatic carbocycles. The highest BCUT2D eigenvalue weighted by atomic mass is 32.1. The lowest BCUT2D eigenvalue weighted by atomic mass is 9.84. The first-order valence-electron chi connectivity index (χ1n) is 6.79. The maximum absolute atomic E-state index is 12.9. The Morgan fingerprint density at radius 1 is 1.40 bits per heavy atom. The zero-order valence-electron chi connectivity index (χ0n) is 11.6. The molecule has 1 heterocycles. The molecule has 2 N–H and O–H groups in total. The molecule has 1 unspecified atom stereocenters. The van der Waals surface area contributed by atoms with Crippen LogP contribution in [0, 0.1) is 5.41 Å². The molecule has 6 nitrogen and oxygen atoms in total. The Bertz CT molecular complexity index is 421. The molecule has 7 heteroatoms. The van der Waals surface area contributed by atoms with E-state index >= 15 is 0 Å². The van der Waals surface area contributed by atoms with E-state index in [4.69, 9.17) is 27.4 Å². The quantitative estimate of drug-likeness (QED) is 0.594. The second-order valence-electron chi connectivity index (χ2n) is 5.27. The number of thiocarbonyl (C=S) groups is 1. The van der Waals surface area contributed by atoms with Gasteiger partial charge in [0, 0.05) is 6.54 Å². The van der Waals surface area contributed by atoms with Crippen LogP contribution in [0.15, 0.2) is 0 Å². The molecule has 2 rings (SSSR count). The lowest BCUT2D eigenvalue weighted by Crippen LogP contribution is -2.59. The van der Waals surface area contributed by atoms with Crippen molar-refractivity contribution in [1.29, 1.82) is 0 Å². The zero-order chi connectivity index (χ0) is 14.8. The van der Waals surface area contributed by atoms with Crippen molar-refractivity contribution in [2.75, 3.05) is 26.9 Å². The van der Waals surface area contributed by atoms with Crippen LogP contribution in [0.25, 0.3) is 0 Å². The number of rotatable bonds is 3. The van der Waals surface area contributed by atoms with E-state index in [1.165, 1.54) is 12.0 Å². The number of ether oxygens (including phenoxy) is 2. The fraction of sp³-hybridized carbons (Fsp3) is 0.769. The third kappa shape index (κ3) is 2.52. The lowest BCUT2D eigenvalue weighted by molar-refractivity contribution is -0.163. The van der Waals surface area contributed by atoms with Gasteiger partial charge in [-0.15, -0.1) is 0 Å². The first kappa shape index (κ1) is 15.2. The smallest absolute Gasteiger partial charge is 0.331 e. The van der Waals surface area contributed by atoms with Crippen LogP contribution >= 0.6 is 12.2 Å². The molecule has 0 aromatic heterocycles. The predicted octanol–water partition coefficient (Wildman–Crippen LogP) is 0.233. The summed E-state index contributed by atoms with van der Waals surface area (Å²) in [7, 11) is 1.30. The Morgan fingerprint density at radius 3 is 2.60 bits per heavy atom. The van der Waals surface area contributed by atoms with Crippen molar-refractivity contribution in [3.63, 3.8) is 0 Å². The van der Waals surface area contributed by atoms with Crippen LogP contribution < -0.4 is 5.73 Å². The van der Waals surface area contributed by atoms with Crippen molar-refractivity contribution >= 4 is 29.1 Å². The average Bonchev–Trinajstić information content (AvgIpc) is 2.96. The number of amides is 1. The fourth-order valence-electron chi connectivity index (χ4n) is 3.00. The summed E-state index contributed by atoms with van der Waals surface area (Å²) in [4.78, 5) is 26.5. The maximum Gasteiger partial charge on any atom is 0.331 e. The van der Waals surface area contributed by atoms with Crippen LogP contribution in [-0.4, -0.2) is 54.7 Å². The summed E-state index contributed by atoms with van der Waals surface area (Å²) in [6.07, 6.45) is 3.17. The fourth-order valence-corrected chi connectivity index (χ4v) is 3.29. The van der Waals surface area contributed by atoms with Crippen LogP contribution in [0.2, 0.25) is 0 Å². The summed E-state index contributed by atoms with van der Waals surface area (Å²) in [5.74, 6) is -0.615. The molecule has 0 radical (unpaired) electrons. The van der Waals surface area contributed by atoms with Crippen LogP contribution in [0.1, 0.15) is 25.7 Å². The molecule has 20 heavy (non-hydrogen) atoms. The summed E-state index contributed by atoms with van der Waals surface area (Å²) < 4.78 is 10.0. The molecule has 1 saturated heterocycles. The molecule has 0 aromatic rings. The van der Waals surface area contributed by atoms with Crippen LogP contribution in [0.5, 0.6) is 0 Å². The van der Waals surface area contributed by atoms with Crippen LogP contribution in [0.4, 0.5) is 0 Å². The van der Waals surface area contributed by atoms with Gasteiger partial charge in [-0.25, -0.2) is 4.79 Å². The maximum atomic E-state index is 12.9. The first-order valence-corrected chi connectivity index (χ1v) is 7.20.